The van der Waals surface area contributed by atoms with E-state index < -0.39 is 0 Å². The maximum absolute atomic E-state index is 3.57. The summed E-state index contributed by atoms with van der Waals surface area (Å²) >= 11 is 0. The van der Waals surface area contributed by atoms with E-state index in [-0.39, 0.29) is 0 Å². The molecule has 0 saturated heterocycles. The van der Waals surface area contributed by atoms with E-state index in [0.717, 1.165) is 12.5 Å². The van der Waals surface area contributed by atoms with Gasteiger partial charge in [-0.3, -0.25) is 0 Å². The number of hydrogen-bond acceptors (Lipinski definition) is 2. The average Bonchev–Trinajstić information content (AvgIpc) is 2.73. The van der Waals surface area contributed by atoms with E-state index in [2.05, 4.69) is 38.0 Å². The summed E-state index contributed by atoms with van der Waals surface area (Å²) in [6.07, 6.45) is 7.04. The third-order valence-corrected chi connectivity index (χ3v) is 4.11. The second-order valence-corrected chi connectivity index (χ2v) is 6.41. The lowest BCUT2D eigenvalue weighted by atomic mass is 9.85. The fraction of sp³-hybridized carbons (Fsp3) is 1.00. The van der Waals surface area contributed by atoms with Crippen LogP contribution in [0.4, 0.5) is 0 Å². The Kier molecular flexibility index (Phi) is 6.50. The van der Waals surface area contributed by atoms with Gasteiger partial charge in [-0.05, 0) is 50.7 Å². The first-order valence-corrected chi connectivity index (χ1v) is 7.47. The highest BCUT2D eigenvalue weighted by molar-refractivity contribution is 4.88. The van der Waals surface area contributed by atoms with Crippen molar-refractivity contribution < 1.29 is 0 Å². The topological polar surface area (TPSA) is 15.3 Å². The first kappa shape index (κ1) is 15.0. The molecule has 1 rings (SSSR count). The van der Waals surface area contributed by atoms with Crippen molar-refractivity contribution in [3.8, 4) is 0 Å². The second kappa shape index (κ2) is 7.38. The quantitative estimate of drug-likeness (QED) is 0.701. The largest absolute Gasteiger partial charge is 0.316 e. The van der Waals surface area contributed by atoms with Crippen molar-refractivity contribution in [3.05, 3.63) is 0 Å². The van der Waals surface area contributed by atoms with Crippen molar-refractivity contribution in [3.63, 3.8) is 0 Å². The Bertz CT molecular complexity index is 195. The molecule has 0 aromatic heterocycles. The van der Waals surface area contributed by atoms with E-state index in [1.165, 1.54) is 51.7 Å². The van der Waals surface area contributed by atoms with Gasteiger partial charge < -0.3 is 10.2 Å². The van der Waals surface area contributed by atoms with Crippen LogP contribution in [0.3, 0.4) is 0 Å². The molecule has 1 aliphatic carbocycles. The highest BCUT2D eigenvalue weighted by atomic mass is 15.1. The van der Waals surface area contributed by atoms with Gasteiger partial charge in [-0.15, -0.1) is 0 Å². The molecule has 0 bridgehead atoms. The molecule has 0 aromatic carbocycles. The van der Waals surface area contributed by atoms with Crippen molar-refractivity contribution in [2.24, 2.45) is 11.3 Å². The zero-order chi connectivity index (χ0) is 12.7. The van der Waals surface area contributed by atoms with Crippen molar-refractivity contribution in [2.45, 2.75) is 52.9 Å². The van der Waals surface area contributed by atoms with Crippen molar-refractivity contribution in [1.29, 1.82) is 0 Å². The van der Waals surface area contributed by atoms with Crippen LogP contribution in [0.5, 0.6) is 0 Å². The van der Waals surface area contributed by atoms with Gasteiger partial charge in [0.25, 0.3) is 0 Å². The summed E-state index contributed by atoms with van der Waals surface area (Å²) in [6.45, 7) is 11.7. The van der Waals surface area contributed by atoms with Crippen LogP contribution in [0.2, 0.25) is 0 Å². The Hall–Kier alpha value is -0.0800. The van der Waals surface area contributed by atoms with Gasteiger partial charge in [0, 0.05) is 13.1 Å². The molecule has 0 amide bonds. The van der Waals surface area contributed by atoms with Crippen LogP contribution < -0.4 is 5.32 Å². The molecule has 0 radical (unpaired) electrons. The molecule has 2 nitrogen and oxygen atoms in total. The molecule has 1 N–H and O–H groups in total. The maximum Gasteiger partial charge on any atom is 0.00471 e. The van der Waals surface area contributed by atoms with Gasteiger partial charge in [0.05, 0.1) is 0 Å². The van der Waals surface area contributed by atoms with E-state index in [9.17, 15) is 0 Å². The first-order valence-electron chi connectivity index (χ1n) is 7.47. The Morgan fingerprint density at radius 1 is 1.24 bits per heavy atom. The third kappa shape index (κ3) is 5.39. The van der Waals surface area contributed by atoms with Crippen LogP contribution in [-0.4, -0.2) is 38.1 Å². The van der Waals surface area contributed by atoms with E-state index in [0.29, 0.717) is 5.41 Å². The van der Waals surface area contributed by atoms with Crippen LogP contribution in [0.25, 0.3) is 0 Å². The van der Waals surface area contributed by atoms with Gasteiger partial charge in [0.1, 0.15) is 0 Å². The standard InChI is InChI=1S/C15H32N2/c1-5-16-12-15(9-6-7-10-15)13-17(4)11-8-14(2)3/h14,16H,5-13H2,1-4H3. The predicted molar refractivity (Wildman–Crippen MR) is 76.4 cm³/mol. The highest BCUT2D eigenvalue weighted by Gasteiger charge is 2.34. The van der Waals surface area contributed by atoms with Gasteiger partial charge in [0.2, 0.25) is 0 Å². The van der Waals surface area contributed by atoms with Crippen molar-refractivity contribution in [1.82, 2.24) is 10.2 Å². The Balaban J connectivity index is 2.37. The van der Waals surface area contributed by atoms with Gasteiger partial charge in [0.15, 0.2) is 0 Å². The summed E-state index contributed by atoms with van der Waals surface area (Å²) in [5, 5.41) is 3.57. The van der Waals surface area contributed by atoms with Gasteiger partial charge >= 0.3 is 0 Å². The summed E-state index contributed by atoms with van der Waals surface area (Å²) in [4.78, 5) is 2.56. The van der Waals surface area contributed by atoms with E-state index in [4.69, 9.17) is 0 Å². The Labute approximate surface area is 108 Å². The fourth-order valence-electron chi connectivity index (χ4n) is 3.04. The summed E-state index contributed by atoms with van der Waals surface area (Å²) in [5.74, 6) is 0.825. The summed E-state index contributed by atoms with van der Waals surface area (Å²) in [6, 6.07) is 0. The van der Waals surface area contributed by atoms with Gasteiger partial charge in [-0.2, -0.15) is 0 Å². The minimum Gasteiger partial charge on any atom is -0.316 e. The average molecular weight is 240 g/mol. The minimum absolute atomic E-state index is 0.571. The molecular weight excluding hydrogens is 208 g/mol. The molecule has 0 atom stereocenters. The summed E-state index contributed by atoms with van der Waals surface area (Å²) in [5.41, 5.74) is 0.571. The van der Waals surface area contributed by atoms with Crippen LogP contribution in [-0.2, 0) is 0 Å². The third-order valence-electron chi connectivity index (χ3n) is 4.11. The molecule has 2 heteroatoms. The van der Waals surface area contributed by atoms with E-state index >= 15 is 0 Å². The minimum atomic E-state index is 0.571. The predicted octanol–water partition coefficient (Wildman–Crippen LogP) is 3.13. The number of rotatable bonds is 8. The Morgan fingerprint density at radius 2 is 1.88 bits per heavy atom. The number of nitrogens with one attached hydrogen (secondary N) is 1. The molecule has 0 spiro atoms. The molecule has 0 unspecified atom stereocenters. The normalized spacial score (nSPS) is 19.4. The summed E-state index contributed by atoms with van der Waals surface area (Å²) < 4.78 is 0. The van der Waals surface area contributed by atoms with Crippen molar-refractivity contribution >= 4 is 0 Å². The SMILES string of the molecule is CCNCC1(CN(C)CCC(C)C)CCCC1. The fourth-order valence-corrected chi connectivity index (χ4v) is 3.04. The smallest absolute Gasteiger partial charge is 0.00471 e. The molecule has 102 valence electrons. The molecule has 17 heavy (non-hydrogen) atoms. The first-order chi connectivity index (χ1) is 8.08. The molecule has 1 aliphatic rings. The zero-order valence-corrected chi connectivity index (χ0v) is 12.4. The van der Waals surface area contributed by atoms with Crippen molar-refractivity contribution in [2.75, 3.05) is 33.2 Å². The number of hydrogen-bond donors (Lipinski definition) is 1. The molecule has 1 saturated carbocycles. The van der Waals surface area contributed by atoms with Gasteiger partial charge in [-0.25, -0.2) is 0 Å². The highest BCUT2D eigenvalue weighted by Crippen LogP contribution is 2.38. The van der Waals surface area contributed by atoms with Crippen LogP contribution in [0, 0.1) is 11.3 Å². The molecule has 1 fully saturated rings. The lowest BCUT2D eigenvalue weighted by Crippen LogP contribution is -2.41. The van der Waals surface area contributed by atoms with Crippen LogP contribution in [0.1, 0.15) is 52.9 Å². The van der Waals surface area contributed by atoms with Crippen LogP contribution in [0.15, 0.2) is 0 Å². The zero-order valence-electron chi connectivity index (χ0n) is 12.4. The second-order valence-electron chi connectivity index (χ2n) is 6.41. The number of nitrogens with zero attached hydrogens (tertiary/aromatic N) is 1. The molecule has 0 aliphatic heterocycles. The Morgan fingerprint density at radius 3 is 2.41 bits per heavy atom. The monoisotopic (exact) mass is 240 g/mol. The lowest BCUT2D eigenvalue weighted by Gasteiger charge is -2.34. The molecular formula is C15H32N2. The van der Waals surface area contributed by atoms with E-state index in [1.54, 1.807) is 0 Å². The van der Waals surface area contributed by atoms with E-state index in [1.807, 2.05) is 0 Å². The molecule has 0 heterocycles. The summed E-state index contributed by atoms with van der Waals surface area (Å²) in [7, 11) is 2.30. The van der Waals surface area contributed by atoms with Gasteiger partial charge in [-0.1, -0.05) is 33.6 Å². The lowest BCUT2D eigenvalue weighted by molar-refractivity contribution is 0.168. The maximum atomic E-state index is 3.57. The van der Waals surface area contributed by atoms with Crippen LogP contribution >= 0.6 is 0 Å². The molecule has 0 aromatic rings.